The summed E-state index contributed by atoms with van der Waals surface area (Å²) in [5.74, 6) is -23.8. The number of benzene rings is 3. The summed E-state index contributed by atoms with van der Waals surface area (Å²) in [7, 11) is 0. The van der Waals surface area contributed by atoms with Gasteiger partial charge in [0, 0.05) is 58.2 Å². The first-order valence-electron chi connectivity index (χ1n) is 29.2. The fourth-order valence-electron chi connectivity index (χ4n) is 12.0. The van der Waals surface area contributed by atoms with Crippen LogP contribution in [0.25, 0.3) is 90.2 Å². The number of anilines is 3. The van der Waals surface area contributed by atoms with Crippen LogP contribution in [-0.2, 0) is 50.7 Å². The topological polar surface area (TPSA) is 329 Å². The van der Waals surface area contributed by atoms with Gasteiger partial charge < -0.3 is 32.5 Å². The van der Waals surface area contributed by atoms with Gasteiger partial charge in [0.2, 0.25) is 11.1 Å². The van der Waals surface area contributed by atoms with Crippen molar-refractivity contribution in [1.82, 2.24) is 74.2 Å². The van der Waals surface area contributed by atoms with Crippen LogP contribution in [0.15, 0.2) is 122 Å². The number of halogens is 16. The van der Waals surface area contributed by atoms with Crippen LogP contribution in [0, 0.1) is 17.5 Å². The van der Waals surface area contributed by atoms with Crippen molar-refractivity contribution in [2.24, 2.45) is 11.5 Å². The molecule has 0 fully saturated rings. The molecule has 40 heteroatoms. The second kappa shape index (κ2) is 22.2. The zero-order valence-electron chi connectivity index (χ0n) is 50.3. The van der Waals surface area contributed by atoms with Crippen molar-refractivity contribution in [3.05, 3.63) is 173 Å². The van der Waals surface area contributed by atoms with E-state index in [-0.39, 0.29) is 102 Å². The zero-order valence-corrected chi connectivity index (χ0v) is 50.3. The van der Waals surface area contributed by atoms with Crippen molar-refractivity contribution in [2.45, 2.75) is 66.7 Å². The van der Waals surface area contributed by atoms with Crippen LogP contribution in [0.4, 0.5) is 87.7 Å². The number of nitrogens with zero attached hydrogens (tertiary/aromatic N) is 15. The van der Waals surface area contributed by atoms with E-state index in [9.17, 15) is 76.6 Å². The molecule has 9 aromatic heterocycles. The number of rotatable bonds is 13. The van der Waals surface area contributed by atoms with E-state index in [1.54, 1.807) is 5.32 Å². The number of nitrogens with two attached hydrogens (primary N) is 2. The van der Waals surface area contributed by atoms with Crippen LogP contribution in [0.2, 0.25) is 0 Å². The van der Waals surface area contributed by atoms with Crippen LogP contribution in [-0.4, -0.2) is 127 Å². The monoisotopic (exact) mass is 1430 g/mol. The Balaban J connectivity index is 0.812. The molecule has 3 amide bonds. The molecular weight excluding hydrogens is 1390 g/mol. The lowest BCUT2D eigenvalue weighted by Crippen LogP contribution is -2.63. The van der Waals surface area contributed by atoms with Crippen molar-refractivity contribution >= 4 is 68.3 Å². The molecule has 3 atom stereocenters. The molecule has 0 saturated carbocycles. The predicted octanol–water partition coefficient (Wildman–Crippen LogP) is 9.50. The molecule has 0 saturated heterocycles. The Morgan fingerprint density at radius 3 is 1.32 bits per heavy atom. The normalized spacial score (nSPS) is 18.5. The largest absolute Gasteiger partial charge is 0.457 e. The van der Waals surface area contributed by atoms with E-state index in [2.05, 4.69) is 50.2 Å². The molecule has 24 nitrogen and oxygen atoms in total. The fourth-order valence-corrected chi connectivity index (χ4v) is 12.0. The smallest absolute Gasteiger partial charge is 0.370 e. The molecule has 102 heavy (non-hydrogen) atoms. The first-order chi connectivity index (χ1) is 48.0. The third kappa shape index (κ3) is 9.69. The standard InChI is InChI=1S/C62H34F16N20O4/c63-35-6-2-1-4-26(35)21-97-50-30(41(94-97)47-82-18-32-43(87-47)90-52(99)55(32,79)58(66,67)61(73,74)75)9-13-38(85-50)25-8-12-37(65)28(17-25)23-98-51-31(42(95-98)48-84-20-34-45(89-48)92-54(101)57(34,102)59(68,69)62(76,77)78)10-14-39(86-51)24-7-11-36(64)27(16-24)22-96-49-29(5-3-15-81-49)40(93-96)46-83-19-33-44(88-46)91-53(100)56(33,80)60(70,71)72/h1-20,102H,21-23,79-80H2,(H,82,87,90,99)(H,83,88,91,100)(H,84,89,92,101). The molecule has 3 aromatic carbocycles. The van der Waals surface area contributed by atoms with Crippen LogP contribution >= 0.6 is 0 Å². The van der Waals surface area contributed by atoms with E-state index >= 15 is 13.2 Å². The van der Waals surface area contributed by atoms with Gasteiger partial charge in [0.1, 0.15) is 52.0 Å². The number of amides is 3. The van der Waals surface area contributed by atoms with Crippen molar-refractivity contribution in [3.63, 3.8) is 0 Å². The summed E-state index contributed by atoms with van der Waals surface area (Å²) in [6, 6.07) is 21.2. The molecule has 3 unspecified atom stereocenters. The Bertz CT molecular complexity index is 5630. The molecule has 518 valence electrons. The number of fused-ring (bicyclic) bond motifs is 6. The molecule has 0 radical (unpaired) electrons. The summed E-state index contributed by atoms with van der Waals surface area (Å²) < 4.78 is 236. The minimum Gasteiger partial charge on any atom is -0.370 e. The third-order valence-corrected chi connectivity index (χ3v) is 17.4. The van der Waals surface area contributed by atoms with Gasteiger partial charge in [-0.1, -0.05) is 18.2 Å². The van der Waals surface area contributed by atoms with E-state index in [0.717, 1.165) is 33.8 Å². The summed E-state index contributed by atoms with van der Waals surface area (Å²) in [6.45, 7) is -1.40. The highest BCUT2D eigenvalue weighted by atomic mass is 19.4. The molecule has 0 bridgehead atoms. The van der Waals surface area contributed by atoms with Crippen molar-refractivity contribution < 1.29 is 89.7 Å². The minimum atomic E-state index is -6.47. The second-order valence-electron chi connectivity index (χ2n) is 23.4. The maximum Gasteiger partial charge on any atom is 0.457 e. The predicted molar refractivity (Wildman–Crippen MR) is 320 cm³/mol. The van der Waals surface area contributed by atoms with Crippen LogP contribution in [0.5, 0.6) is 0 Å². The Kier molecular flexibility index (Phi) is 14.3. The lowest BCUT2D eigenvalue weighted by Gasteiger charge is -2.32. The van der Waals surface area contributed by atoms with Crippen molar-refractivity contribution in [3.8, 4) is 57.1 Å². The molecule has 12 heterocycles. The first kappa shape index (κ1) is 65.8. The average molecular weight is 1430 g/mol. The SMILES string of the molecule is NC1(C(F)(F)F)C(=O)Nc2nc(-c3nn(Cc4cc(-c5ccc6c(-c7ncc8c(n7)NC(=O)C8(O)C(F)(F)C(F)(F)F)nn(Cc7cc(-c8ccc9c(-c%10ncc%11c(n%10)NC(=O)C%11(N)C(F)(F)C(F)(F)F)nn(Cc%10ccccc%10F)c9n8)ccc7F)c6n5)ccc4F)c4ncccc34)ncc21. The lowest BCUT2D eigenvalue weighted by atomic mass is 9.86. The van der Waals surface area contributed by atoms with Gasteiger partial charge in [-0.25, -0.2) is 72.1 Å². The summed E-state index contributed by atoms with van der Waals surface area (Å²) in [4.78, 5) is 76.4. The Hall–Kier alpha value is -12.1. The van der Waals surface area contributed by atoms with Gasteiger partial charge in [-0.15, -0.1) is 0 Å². The number of hydrogen-bond acceptors (Lipinski definition) is 18. The van der Waals surface area contributed by atoms with Gasteiger partial charge in [-0.2, -0.15) is 72.4 Å². The van der Waals surface area contributed by atoms with Gasteiger partial charge >= 0.3 is 30.4 Å². The van der Waals surface area contributed by atoms with E-state index in [0.29, 0.717) is 12.4 Å². The van der Waals surface area contributed by atoms with Crippen molar-refractivity contribution in [2.75, 3.05) is 16.0 Å². The lowest BCUT2D eigenvalue weighted by molar-refractivity contribution is -0.335. The maximum absolute atomic E-state index is 16.5. The van der Waals surface area contributed by atoms with Gasteiger partial charge in [0.25, 0.3) is 17.7 Å². The molecule has 3 aliphatic heterocycles. The first-order valence-corrected chi connectivity index (χ1v) is 29.2. The molecule has 15 rings (SSSR count). The number of aliphatic hydroxyl groups is 1. The second-order valence-corrected chi connectivity index (χ2v) is 23.4. The Morgan fingerprint density at radius 1 is 0.431 bits per heavy atom. The Labute approximate surface area is 554 Å². The van der Waals surface area contributed by atoms with Crippen LogP contribution in [0.1, 0.15) is 33.4 Å². The number of nitrogens with one attached hydrogen (secondary N) is 3. The van der Waals surface area contributed by atoms with E-state index < -0.39 is 141 Å². The molecule has 0 aliphatic carbocycles. The van der Waals surface area contributed by atoms with Gasteiger partial charge in [-0.05, 0) is 78.9 Å². The fraction of sp³-hybridized carbons (Fsp3) is 0.177. The number of hydrogen-bond donors (Lipinski definition) is 6. The highest BCUT2D eigenvalue weighted by Gasteiger charge is 2.77. The highest BCUT2D eigenvalue weighted by molar-refractivity contribution is 6.07. The summed E-state index contributed by atoms with van der Waals surface area (Å²) in [5, 5.41) is 30.3. The average Bonchev–Trinajstić information content (AvgIpc) is 1.53. The van der Waals surface area contributed by atoms with E-state index in [4.69, 9.17) is 21.4 Å². The summed E-state index contributed by atoms with van der Waals surface area (Å²) >= 11 is 0. The van der Waals surface area contributed by atoms with Gasteiger partial charge in [0.15, 0.2) is 40.0 Å². The van der Waals surface area contributed by atoms with Gasteiger partial charge in [0.05, 0.1) is 58.3 Å². The summed E-state index contributed by atoms with van der Waals surface area (Å²) in [6.07, 6.45) is -15.1. The van der Waals surface area contributed by atoms with E-state index in [1.807, 2.05) is 10.6 Å². The number of carbonyl (C=O) groups is 3. The van der Waals surface area contributed by atoms with Crippen LogP contribution in [0.3, 0.4) is 0 Å². The zero-order chi connectivity index (χ0) is 72.5. The number of aromatic nitrogens is 15. The number of alkyl halides is 13. The Morgan fingerprint density at radius 2 is 0.843 bits per heavy atom. The molecule has 3 aliphatic rings. The van der Waals surface area contributed by atoms with Crippen molar-refractivity contribution in [1.29, 1.82) is 0 Å². The van der Waals surface area contributed by atoms with E-state index in [1.165, 1.54) is 89.7 Å². The maximum atomic E-state index is 16.5. The van der Waals surface area contributed by atoms with Crippen LogP contribution < -0.4 is 27.4 Å². The van der Waals surface area contributed by atoms with Gasteiger partial charge in [-0.3, -0.25) is 14.4 Å². The number of pyridine rings is 3. The molecule has 0 spiro atoms. The molecule has 12 aromatic rings. The molecule has 8 N–H and O–H groups in total. The number of carbonyl (C=O) groups excluding carboxylic acids is 3. The highest BCUT2D eigenvalue weighted by Crippen LogP contribution is 2.54. The molecular formula is C62H34F16N20O4. The minimum absolute atomic E-state index is 0.0363. The summed E-state index contributed by atoms with van der Waals surface area (Å²) in [5.41, 5.74) is -4.77. The third-order valence-electron chi connectivity index (χ3n) is 17.4. The quantitative estimate of drug-likeness (QED) is 0.0585.